The predicted molar refractivity (Wildman–Crippen MR) is 89.2 cm³/mol. The van der Waals surface area contributed by atoms with E-state index >= 15 is 0 Å². The molecule has 0 aromatic carbocycles. The number of hydrogen-bond donors (Lipinski definition) is 1. The van der Waals surface area contributed by atoms with Gasteiger partial charge in [-0.25, -0.2) is 4.98 Å². The lowest BCUT2D eigenvalue weighted by atomic mass is 9.97. The molecule has 23 heavy (non-hydrogen) atoms. The number of nitrogens with one attached hydrogen (secondary N) is 1. The fourth-order valence-corrected chi connectivity index (χ4v) is 3.26. The van der Waals surface area contributed by atoms with Crippen molar-refractivity contribution < 1.29 is 14.3 Å². The summed E-state index contributed by atoms with van der Waals surface area (Å²) in [5.74, 6) is 0.642. The van der Waals surface area contributed by atoms with Crippen LogP contribution in [0.15, 0.2) is 29.4 Å². The lowest BCUT2D eigenvalue weighted by molar-refractivity contribution is -0.138. The van der Waals surface area contributed by atoms with Gasteiger partial charge in [0.1, 0.15) is 6.61 Å². The molecule has 1 N–H and O–H groups in total. The summed E-state index contributed by atoms with van der Waals surface area (Å²) in [6, 6.07) is 5.78. The maximum absolute atomic E-state index is 12.2. The molecule has 0 aliphatic carbocycles. The van der Waals surface area contributed by atoms with Gasteiger partial charge in [-0.05, 0) is 25.0 Å². The van der Waals surface area contributed by atoms with Gasteiger partial charge >= 0.3 is 0 Å². The third-order valence-corrected chi connectivity index (χ3v) is 4.65. The molecule has 2 rings (SSSR count). The van der Waals surface area contributed by atoms with Crippen LogP contribution in [0.5, 0.6) is 0 Å². The Kier molecular flexibility index (Phi) is 7.35. The first-order valence-electron chi connectivity index (χ1n) is 7.79. The highest BCUT2D eigenvalue weighted by Gasteiger charge is 2.27. The van der Waals surface area contributed by atoms with E-state index in [0.29, 0.717) is 19.6 Å². The van der Waals surface area contributed by atoms with E-state index in [4.69, 9.17) is 4.74 Å². The molecule has 1 aromatic heterocycles. The van der Waals surface area contributed by atoms with Gasteiger partial charge in [0.25, 0.3) is 0 Å². The zero-order valence-electron chi connectivity index (χ0n) is 13.4. The number of aromatic nitrogens is 1. The van der Waals surface area contributed by atoms with Crippen molar-refractivity contribution in [3.05, 3.63) is 24.4 Å². The van der Waals surface area contributed by atoms with E-state index in [1.807, 2.05) is 18.2 Å². The van der Waals surface area contributed by atoms with Crippen molar-refractivity contribution in [2.75, 3.05) is 39.1 Å². The van der Waals surface area contributed by atoms with Crippen molar-refractivity contribution >= 4 is 23.6 Å². The van der Waals surface area contributed by atoms with Gasteiger partial charge in [-0.3, -0.25) is 9.59 Å². The molecule has 1 aromatic rings. The summed E-state index contributed by atoms with van der Waals surface area (Å²) in [5.41, 5.74) is 0. The molecule has 126 valence electrons. The molecule has 0 radical (unpaired) electrons. The molecule has 0 spiro atoms. The Morgan fingerprint density at radius 2 is 2.35 bits per heavy atom. The predicted octanol–water partition coefficient (Wildman–Crippen LogP) is 1.17. The van der Waals surface area contributed by atoms with Gasteiger partial charge in [0, 0.05) is 38.7 Å². The fourth-order valence-electron chi connectivity index (χ4n) is 2.54. The van der Waals surface area contributed by atoms with Crippen molar-refractivity contribution in [3.63, 3.8) is 0 Å². The highest BCUT2D eigenvalue weighted by molar-refractivity contribution is 7.99. The van der Waals surface area contributed by atoms with E-state index in [1.54, 1.807) is 22.9 Å². The third kappa shape index (κ3) is 5.84. The zero-order valence-corrected chi connectivity index (χ0v) is 14.2. The smallest absolute Gasteiger partial charge is 0.248 e. The van der Waals surface area contributed by atoms with Crippen LogP contribution in [0.25, 0.3) is 0 Å². The summed E-state index contributed by atoms with van der Waals surface area (Å²) in [5, 5.41) is 3.91. The SMILES string of the molecule is COCC(=O)N1CCC[C@@H](C(=O)NCCSc2ccccn2)C1. The number of nitrogens with zero attached hydrogens (tertiary/aromatic N) is 2. The van der Waals surface area contributed by atoms with Crippen LogP contribution in [0.3, 0.4) is 0 Å². The van der Waals surface area contributed by atoms with Crippen LogP contribution in [0.1, 0.15) is 12.8 Å². The van der Waals surface area contributed by atoms with Crippen LogP contribution >= 0.6 is 11.8 Å². The van der Waals surface area contributed by atoms with Crippen molar-refractivity contribution in [1.82, 2.24) is 15.2 Å². The van der Waals surface area contributed by atoms with Gasteiger partial charge in [-0.1, -0.05) is 6.07 Å². The summed E-state index contributed by atoms with van der Waals surface area (Å²) in [7, 11) is 1.51. The number of thioether (sulfide) groups is 1. The summed E-state index contributed by atoms with van der Waals surface area (Å²) in [4.78, 5) is 30.0. The maximum atomic E-state index is 12.2. The number of carbonyl (C=O) groups is 2. The Balaban J connectivity index is 1.69. The van der Waals surface area contributed by atoms with Gasteiger partial charge in [0.15, 0.2) is 0 Å². The largest absolute Gasteiger partial charge is 0.375 e. The molecule has 6 nitrogen and oxygen atoms in total. The van der Waals surface area contributed by atoms with Gasteiger partial charge in [-0.15, -0.1) is 11.8 Å². The van der Waals surface area contributed by atoms with Crippen molar-refractivity contribution in [2.45, 2.75) is 17.9 Å². The molecule has 0 bridgehead atoms. The Bertz CT molecular complexity index is 513. The summed E-state index contributed by atoms with van der Waals surface area (Å²) < 4.78 is 4.87. The molecule has 0 unspecified atom stereocenters. The molecule has 1 saturated heterocycles. The minimum absolute atomic E-state index is 0.0292. The normalized spacial score (nSPS) is 17.8. The van der Waals surface area contributed by atoms with E-state index in [0.717, 1.165) is 23.6 Å². The average Bonchev–Trinajstić information content (AvgIpc) is 2.60. The van der Waals surface area contributed by atoms with Crippen molar-refractivity contribution in [2.24, 2.45) is 5.92 Å². The van der Waals surface area contributed by atoms with Crippen LogP contribution in [0.2, 0.25) is 0 Å². The standard InChI is InChI=1S/C16H23N3O3S/c1-22-12-15(20)19-9-4-5-13(11-19)16(21)18-8-10-23-14-6-2-3-7-17-14/h2-3,6-7,13H,4-5,8-12H2,1H3,(H,18,21)/t13-/m1/s1. The second kappa shape index (κ2) is 9.52. The first kappa shape index (κ1) is 17.7. The van der Waals surface area contributed by atoms with Gasteiger partial charge in [0.05, 0.1) is 10.9 Å². The summed E-state index contributed by atoms with van der Waals surface area (Å²) >= 11 is 1.61. The first-order valence-corrected chi connectivity index (χ1v) is 8.77. The van der Waals surface area contributed by atoms with Gasteiger partial charge < -0.3 is 15.0 Å². The third-order valence-electron chi connectivity index (χ3n) is 3.70. The van der Waals surface area contributed by atoms with Gasteiger partial charge in [0.2, 0.25) is 11.8 Å². The molecular weight excluding hydrogens is 314 g/mol. The number of carbonyl (C=O) groups excluding carboxylic acids is 2. The first-order chi connectivity index (χ1) is 11.2. The Labute approximate surface area is 141 Å². The highest BCUT2D eigenvalue weighted by Crippen LogP contribution is 2.17. The van der Waals surface area contributed by atoms with E-state index in [9.17, 15) is 9.59 Å². The molecule has 2 heterocycles. The molecule has 2 amide bonds. The number of likely N-dealkylation sites (tertiary alicyclic amines) is 1. The number of methoxy groups -OCH3 is 1. The second-order valence-corrected chi connectivity index (χ2v) is 6.53. The topological polar surface area (TPSA) is 71.5 Å². The Morgan fingerprint density at radius 3 is 3.09 bits per heavy atom. The van der Waals surface area contributed by atoms with Crippen LogP contribution in [-0.2, 0) is 14.3 Å². The minimum atomic E-state index is -0.121. The average molecular weight is 337 g/mol. The van der Waals surface area contributed by atoms with Gasteiger partial charge in [-0.2, -0.15) is 0 Å². The number of ether oxygens (including phenoxy) is 1. The molecule has 7 heteroatoms. The number of pyridine rings is 1. The Hall–Kier alpha value is -1.60. The van der Waals surface area contributed by atoms with Crippen LogP contribution < -0.4 is 5.32 Å². The Morgan fingerprint density at radius 1 is 1.48 bits per heavy atom. The minimum Gasteiger partial charge on any atom is -0.375 e. The quantitative estimate of drug-likeness (QED) is 0.597. The number of piperidine rings is 1. The summed E-state index contributed by atoms with van der Waals surface area (Å²) in [6.45, 7) is 1.88. The second-order valence-electron chi connectivity index (χ2n) is 5.42. The van der Waals surface area contributed by atoms with Crippen molar-refractivity contribution in [3.8, 4) is 0 Å². The number of amides is 2. The fraction of sp³-hybridized carbons (Fsp3) is 0.562. The van der Waals surface area contributed by atoms with Crippen molar-refractivity contribution in [1.29, 1.82) is 0 Å². The van der Waals surface area contributed by atoms with Crippen LogP contribution in [0.4, 0.5) is 0 Å². The molecule has 1 aliphatic heterocycles. The lowest BCUT2D eigenvalue weighted by Crippen LogP contribution is -2.46. The van der Waals surface area contributed by atoms with E-state index in [-0.39, 0.29) is 24.3 Å². The molecule has 0 saturated carbocycles. The van der Waals surface area contributed by atoms with E-state index in [1.165, 1.54) is 7.11 Å². The molecule has 1 atom stereocenters. The number of hydrogen-bond acceptors (Lipinski definition) is 5. The van der Waals surface area contributed by atoms with Crippen LogP contribution in [0, 0.1) is 5.92 Å². The lowest BCUT2D eigenvalue weighted by Gasteiger charge is -2.31. The zero-order chi connectivity index (χ0) is 16.5. The van der Waals surface area contributed by atoms with Crippen LogP contribution in [-0.4, -0.2) is 60.8 Å². The van der Waals surface area contributed by atoms with E-state index < -0.39 is 0 Å². The number of rotatable bonds is 7. The van der Waals surface area contributed by atoms with E-state index in [2.05, 4.69) is 10.3 Å². The highest BCUT2D eigenvalue weighted by atomic mass is 32.2. The summed E-state index contributed by atoms with van der Waals surface area (Å²) in [6.07, 6.45) is 3.45. The molecule has 1 fully saturated rings. The maximum Gasteiger partial charge on any atom is 0.248 e. The molecular formula is C16H23N3O3S. The molecule has 1 aliphatic rings. The monoisotopic (exact) mass is 337 g/mol.